The molecule has 1 N–H and O–H groups in total. The van der Waals surface area contributed by atoms with Gasteiger partial charge in [-0.15, -0.1) is 13.2 Å². The highest BCUT2D eigenvalue weighted by molar-refractivity contribution is 6.39. The molecule has 1 aromatic carbocycles. The molecule has 21 heavy (non-hydrogen) atoms. The van der Waals surface area contributed by atoms with Crippen molar-refractivity contribution in [3.05, 3.63) is 59.7 Å². The van der Waals surface area contributed by atoms with Crippen LogP contribution in [0.1, 0.15) is 0 Å². The summed E-state index contributed by atoms with van der Waals surface area (Å²) < 4.78 is 0. The fraction of sp³-hybridized carbons (Fsp3) is 0.143. The molecule has 2 amide bonds. The monoisotopic (exact) mass is 289 g/mol. The van der Waals surface area contributed by atoms with Gasteiger partial charge in [-0.05, 0) is 12.1 Å². The molecule has 0 spiro atoms. The minimum atomic E-state index is -0.826. The number of carbonyl (C=O) groups is 2. The maximum atomic E-state index is 11.9. The van der Waals surface area contributed by atoms with Gasteiger partial charge in [0, 0.05) is 30.9 Å². The van der Waals surface area contributed by atoms with E-state index in [0.717, 1.165) is 0 Å². The number of carbonyl (C=O) groups excluding carboxylic acids is 2. The summed E-state index contributed by atoms with van der Waals surface area (Å²) in [4.78, 5) is 35.0. The molecule has 0 fully saturated rings. The zero-order chi connectivity index (χ0) is 15.8. The van der Waals surface area contributed by atoms with Gasteiger partial charge < -0.3 is 10.2 Å². The second-order valence-electron chi connectivity index (χ2n) is 4.05. The third-order valence-electron chi connectivity index (χ3n) is 2.52. The van der Waals surface area contributed by atoms with Crippen LogP contribution >= 0.6 is 0 Å². The maximum Gasteiger partial charge on any atom is 0.313 e. The Hall–Kier alpha value is -2.96. The van der Waals surface area contributed by atoms with E-state index in [1.165, 1.54) is 41.3 Å². The Morgan fingerprint density at radius 3 is 2.14 bits per heavy atom. The van der Waals surface area contributed by atoms with Crippen molar-refractivity contribution >= 4 is 23.2 Å². The zero-order valence-electron chi connectivity index (χ0n) is 11.3. The lowest BCUT2D eigenvalue weighted by Gasteiger charge is -2.18. The predicted octanol–water partition coefficient (Wildman–Crippen LogP) is 1.73. The van der Waals surface area contributed by atoms with Crippen molar-refractivity contribution in [2.24, 2.45) is 0 Å². The van der Waals surface area contributed by atoms with E-state index in [4.69, 9.17) is 0 Å². The van der Waals surface area contributed by atoms with Crippen LogP contribution in [0.2, 0.25) is 0 Å². The summed E-state index contributed by atoms with van der Waals surface area (Å²) in [5.74, 6) is -1.55. The van der Waals surface area contributed by atoms with Crippen molar-refractivity contribution in [2.45, 2.75) is 0 Å². The van der Waals surface area contributed by atoms with Crippen molar-refractivity contribution in [2.75, 3.05) is 18.4 Å². The topological polar surface area (TPSA) is 92.6 Å². The molecule has 0 aliphatic heterocycles. The number of benzene rings is 1. The number of hydrogen-bond donors (Lipinski definition) is 1. The molecule has 110 valence electrons. The van der Waals surface area contributed by atoms with Crippen molar-refractivity contribution in [1.82, 2.24) is 4.90 Å². The Morgan fingerprint density at radius 2 is 1.71 bits per heavy atom. The van der Waals surface area contributed by atoms with Crippen LogP contribution in [0.3, 0.4) is 0 Å². The quantitative estimate of drug-likeness (QED) is 0.373. The van der Waals surface area contributed by atoms with E-state index < -0.39 is 16.7 Å². The van der Waals surface area contributed by atoms with E-state index in [9.17, 15) is 19.7 Å². The van der Waals surface area contributed by atoms with Crippen LogP contribution < -0.4 is 5.32 Å². The van der Waals surface area contributed by atoms with Gasteiger partial charge in [-0.1, -0.05) is 12.2 Å². The van der Waals surface area contributed by atoms with Gasteiger partial charge in [0.05, 0.1) is 4.92 Å². The first-order valence-corrected chi connectivity index (χ1v) is 6.06. The van der Waals surface area contributed by atoms with Crippen molar-refractivity contribution in [3.63, 3.8) is 0 Å². The highest BCUT2D eigenvalue weighted by Gasteiger charge is 2.20. The summed E-state index contributed by atoms with van der Waals surface area (Å²) in [5, 5.41) is 12.9. The molecule has 0 heterocycles. The molecular formula is C14H15N3O4. The molecule has 0 aliphatic carbocycles. The van der Waals surface area contributed by atoms with E-state index in [-0.39, 0.29) is 18.8 Å². The van der Waals surface area contributed by atoms with E-state index in [1.54, 1.807) is 0 Å². The Bertz CT molecular complexity index is 556. The predicted molar refractivity (Wildman–Crippen MR) is 78.7 cm³/mol. The van der Waals surface area contributed by atoms with Gasteiger partial charge in [0.1, 0.15) is 0 Å². The summed E-state index contributed by atoms with van der Waals surface area (Å²) in [6.07, 6.45) is 3.00. The third-order valence-corrected chi connectivity index (χ3v) is 2.52. The van der Waals surface area contributed by atoms with Crippen molar-refractivity contribution in [1.29, 1.82) is 0 Å². The number of anilines is 1. The Morgan fingerprint density at radius 1 is 1.19 bits per heavy atom. The second-order valence-corrected chi connectivity index (χ2v) is 4.05. The average molecular weight is 289 g/mol. The summed E-state index contributed by atoms with van der Waals surface area (Å²) in [6.45, 7) is 7.46. The molecular weight excluding hydrogens is 274 g/mol. The Balaban J connectivity index is 2.74. The lowest BCUT2D eigenvalue weighted by molar-refractivity contribution is -0.384. The van der Waals surface area contributed by atoms with Gasteiger partial charge in [-0.3, -0.25) is 19.7 Å². The molecule has 0 unspecified atom stereocenters. The van der Waals surface area contributed by atoms with Gasteiger partial charge in [0.2, 0.25) is 0 Å². The fourth-order valence-corrected chi connectivity index (χ4v) is 1.55. The minimum Gasteiger partial charge on any atom is -0.327 e. The van der Waals surface area contributed by atoms with Crippen molar-refractivity contribution in [3.8, 4) is 0 Å². The molecule has 0 radical (unpaired) electrons. The van der Waals surface area contributed by atoms with Gasteiger partial charge in [0.15, 0.2) is 0 Å². The SMILES string of the molecule is C=CCN(CC=C)C(=O)C(=O)Nc1ccc([N+](=O)[O-])cc1. The molecule has 7 nitrogen and oxygen atoms in total. The van der Waals surface area contributed by atoms with Gasteiger partial charge >= 0.3 is 11.8 Å². The molecule has 0 aromatic heterocycles. The van der Waals surface area contributed by atoms with E-state index in [0.29, 0.717) is 5.69 Å². The first-order valence-electron chi connectivity index (χ1n) is 6.06. The molecule has 7 heteroatoms. The van der Waals surface area contributed by atoms with E-state index in [2.05, 4.69) is 18.5 Å². The molecule has 1 aromatic rings. The van der Waals surface area contributed by atoms with Gasteiger partial charge in [0.25, 0.3) is 5.69 Å². The molecule has 0 bridgehead atoms. The molecule has 0 aliphatic rings. The smallest absolute Gasteiger partial charge is 0.313 e. The molecule has 1 rings (SSSR count). The van der Waals surface area contributed by atoms with Crippen LogP contribution in [0.5, 0.6) is 0 Å². The van der Waals surface area contributed by atoms with Crippen LogP contribution in [-0.2, 0) is 9.59 Å². The van der Waals surface area contributed by atoms with Crippen molar-refractivity contribution < 1.29 is 14.5 Å². The Kier molecular flexibility index (Phi) is 5.81. The number of hydrogen-bond acceptors (Lipinski definition) is 4. The summed E-state index contributed by atoms with van der Waals surface area (Å²) in [5.41, 5.74) is 0.204. The number of amides is 2. The number of rotatable bonds is 6. The first-order chi connectivity index (χ1) is 9.99. The maximum absolute atomic E-state index is 11.9. The lowest BCUT2D eigenvalue weighted by atomic mass is 10.3. The zero-order valence-corrected chi connectivity index (χ0v) is 11.3. The van der Waals surface area contributed by atoms with Crippen LogP contribution in [-0.4, -0.2) is 34.7 Å². The van der Waals surface area contributed by atoms with Gasteiger partial charge in [-0.2, -0.15) is 0 Å². The lowest BCUT2D eigenvalue weighted by Crippen LogP contribution is -2.39. The number of nitro benzene ring substituents is 1. The normalized spacial score (nSPS) is 9.52. The van der Waals surface area contributed by atoms with Crippen LogP contribution in [0.15, 0.2) is 49.6 Å². The summed E-state index contributed by atoms with van der Waals surface area (Å²) in [7, 11) is 0. The summed E-state index contributed by atoms with van der Waals surface area (Å²) >= 11 is 0. The molecule has 0 atom stereocenters. The average Bonchev–Trinajstić information content (AvgIpc) is 2.46. The van der Waals surface area contributed by atoms with Crippen LogP contribution in [0.25, 0.3) is 0 Å². The standard InChI is InChI=1S/C14H15N3O4/c1-3-9-16(10-4-2)14(19)13(18)15-11-5-7-12(8-6-11)17(20)21/h3-8H,1-2,9-10H2,(H,15,18). The minimum absolute atomic E-state index is 0.0979. The summed E-state index contributed by atoms with van der Waals surface area (Å²) in [6, 6.07) is 5.19. The largest absolute Gasteiger partial charge is 0.327 e. The molecule has 0 saturated heterocycles. The Labute approximate surface area is 121 Å². The van der Waals surface area contributed by atoms with Crippen LogP contribution in [0, 0.1) is 10.1 Å². The van der Waals surface area contributed by atoms with E-state index in [1.807, 2.05) is 0 Å². The fourth-order valence-electron chi connectivity index (χ4n) is 1.55. The number of nitrogens with zero attached hydrogens (tertiary/aromatic N) is 2. The number of non-ortho nitro benzene ring substituents is 1. The molecule has 0 saturated carbocycles. The number of nitro groups is 1. The van der Waals surface area contributed by atoms with E-state index >= 15 is 0 Å². The highest BCUT2D eigenvalue weighted by Crippen LogP contribution is 2.15. The number of nitrogens with one attached hydrogen (secondary N) is 1. The second kappa shape index (κ2) is 7.59. The van der Waals surface area contributed by atoms with Crippen LogP contribution in [0.4, 0.5) is 11.4 Å². The third kappa shape index (κ3) is 4.57. The van der Waals surface area contributed by atoms with Gasteiger partial charge in [-0.25, -0.2) is 0 Å². The highest BCUT2D eigenvalue weighted by atomic mass is 16.6. The first kappa shape index (κ1) is 16.1.